The maximum absolute atomic E-state index is 12.0. The molecule has 1 aromatic heterocycles. The van der Waals surface area contributed by atoms with Crippen LogP contribution in [0.25, 0.3) is 0 Å². The minimum atomic E-state index is -0.183. The summed E-state index contributed by atoms with van der Waals surface area (Å²) in [7, 11) is 0. The molecule has 0 unspecified atom stereocenters. The molecule has 1 aliphatic rings. The van der Waals surface area contributed by atoms with Crippen molar-refractivity contribution in [1.82, 2.24) is 5.32 Å². The highest BCUT2D eigenvalue weighted by Gasteiger charge is 2.29. The lowest BCUT2D eigenvalue weighted by molar-refractivity contribution is -0.122. The monoisotopic (exact) mass is 299 g/mol. The van der Waals surface area contributed by atoms with E-state index in [4.69, 9.17) is 9.15 Å². The number of rotatable bonds is 7. The third-order valence-corrected chi connectivity index (χ3v) is 3.53. The zero-order valence-electron chi connectivity index (χ0n) is 12.1. The van der Waals surface area contributed by atoms with Crippen molar-refractivity contribution in [3.63, 3.8) is 0 Å². The Labute approximate surface area is 128 Å². The topological polar surface area (TPSA) is 68.5 Å². The zero-order chi connectivity index (χ0) is 15.4. The fourth-order valence-electron chi connectivity index (χ4n) is 2.06. The minimum absolute atomic E-state index is 0.106. The predicted octanol–water partition coefficient (Wildman–Crippen LogP) is 2.57. The quantitative estimate of drug-likeness (QED) is 0.853. The highest BCUT2D eigenvalue weighted by atomic mass is 16.5. The van der Waals surface area contributed by atoms with Crippen LogP contribution in [0.15, 0.2) is 47.1 Å². The molecular weight excluding hydrogens is 282 g/mol. The van der Waals surface area contributed by atoms with Crippen LogP contribution in [0.4, 0.5) is 0 Å². The maximum atomic E-state index is 12.0. The van der Waals surface area contributed by atoms with Gasteiger partial charge in [-0.3, -0.25) is 9.59 Å². The first-order chi connectivity index (χ1) is 10.7. The van der Waals surface area contributed by atoms with Crippen molar-refractivity contribution in [2.75, 3.05) is 6.61 Å². The van der Waals surface area contributed by atoms with Gasteiger partial charge in [0.15, 0.2) is 5.78 Å². The summed E-state index contributed by atoms with van der Waals surface area (Å²) in [5.41, 5.74) is 0.535. The van der Waals surface area contributed by atoms with Crippen molar-refractivity contribution in [1.29, 1.82) is 0 Å². The van der Waals surface area contributed by atoms with Gasteiger partial charge >= 0.3 is 0 Å². The molecule has 1 N–H and O–H groups in total. The van der Waals surface area contributed by atoms with Gasteiger partial charge in [-0.25, -0.2) is 0 Å². The molecule has 0 atom stereocenters. The molecule has 1 fully saturated rings. The predicted molar refractivity (Wildman–Crippen MR) is 79.5 cm³/mol. The van der Waals surface area contributed by atoms with E-state index in [0.717, 1.165) is 12.8 Å². The molecule has 3 rings (SSSR count). The lowest BCUT2D eigenvalue weighted by Gasteiger charge is -2.07. The summed E-state index contributed by atoms with van der Waals surface area (Å²) in [5.74, 6) is 1.47. The van der Waals surface area contributed by atoms with Crippen molar-refractivity contribution < 1.29 is 18.7 Å². The van der Waals surface area contributed by atoms with E-state index in [9.17, 15) is 9.59 Å². The molecular formula is C17H17NO4. The molecule has 2 aromatic rings. The smallest absolute Gasteiger partial charge is 0.251 e. The minimum Gasteiger partial charge on any atom is -0.486 e. The van der Waals surface area contributed by atoms with E-state index in [-0.39, 0.29) is 24.2 Å². The molecule has 1 heterocycles. The van der Waals surface area contributed by atoms with Crippen LogP contribution >= 0.6 is 0 Å². The molecule has 1 aromatic carbocycles. The van der Waals surface area contributed by atoms with Crippen LogP contribution in [-0.4, -0.2) is 18.3 Å². The average molecular weight is 299 g/mol. The van der Waals surface area contributed by atoms with Gasteiger partial charge in [-0.15, -0.1) is 0 Å². The lowest BCUT2D eigenvalue weighted by atomic mass is 10.2. The number of ether oxygens (including phenoxy) is 1. The Hall–Kier alpha value is -2.56. The van der Waals surface area contributed by atoms with Gasteiger partial charge in [0.1, 0.15) is 18.1 Å². The van der Waals surface area contributed by atoms with Crippen LogP contribution in [0.1, 0.15) is 29.0 Å². The van der Waals surface area contributed by atoms with Crippen molar-refractivity contribution in [3.8, 4) is 5.75 Å². The Morgan fingerprint density at radius 2 is 1.95 bits per heavy atom. The van der Waals surface area contributed by atoms with Crippen LogP contribution in [0.3, 0.4) is 0 Å². The molecule has 0 bridgehead atoms. The van der Waals surface area contributed by atoms with Crippen LogP contribution < -0.4 is 10.1 Å². The number of hydrogen-bond acceptors (Lipinski definition) is 4. The number of carbonyl (C=O) groups is 2. The fraction of sp³-hybridized carbons (Fsp3) is 0.294. The molecule has 0 aliphatic heterocycles. The highest BCUT2D eigenvalue weighted by Crippen LogP contribution is 2.29. The molecule has 1 saturated carbocycles. The number of Topliss-reactive ketones (excluding diaryl/α,β-unsaturated/α-hetero) is 1. The van der Waals surface area contributed by atoms with Crippen LogP contribution in [0.5, 0.6) is 5.75 Å². The number of carbonyl (C=O) groups excluding carboxylic acids is 2. The Morgan fingerprint density at radius 1 is 1.18 bits per heavy atom. The largest absolute Gasteiger partial charge is 0.486 e. The van der Waals surface area contributed by atoms with Crippen molar-refractivity contribution >= 4 is 11.7 Å². The van der Waals surface area contributed by atoms with E-state index in [1.807, 2.05) is 0 Å². The van der Waals surface area contributed by atoms with Crippen molar-refractivity contribution in [2.45, 2.75) is 19.4 Å². The summed E-state index contributed by atoms with van der Waals surface area (Å²) in [6.07, 6.45) is 3.53. The van der Waals surface area contributed by atoms with Gasteiger partial charge in [-0.1, -0.05) is 0 Å². The van der Waals surface area contributed by atoms with Crippen LogP contribution in [0.2, 0.25) is 0 Å². The third-order valence-electron chi connectivity index (χ3n) is 3.53. The van der Waals surface area contributed by atoms with Crippen molar-refractivity contribution in [2.24, 2.45) is 5.92 Å². The van der Waals surface area contributed by atoms with E-state index in [1.165, 1.54) is 0 Å². The molecule has 5 heteroatoms. The molecule has 0 spiro atoms. The van der Waals surface area contributed by atoms with Gasteiger partial charge in [-0.2, -0.15) is 0 Å². The maximum Gasteiger partial charge on any atom is 0.251 e. The first-order valence-electron chi connectivity index (χ1n) is 7.28. The molecule has 114 valence electrons. The second-order valence-electron chi connectivity index (χ2n) is 5.32. The molecule has 1 amide bonds. The third kappa shape index (κ3) is 3.75. The summed E-state index contributed by atoms with van der Waals surface area (Å²) in [5, 5.41) is 2.77. The molecule has 0 radical (unpaired) electrons. The first-order valence-corrected chi connectivity index (χ1v) is 7.28. The van der Waals surface area contributed by atoms with Gasteiger partial charge in [0.2, 0.25) is 0 Å². The van der Waals surface area contributed by atoms with Gasteiger partial charge in [0.05, 0.1) is 12.8 Å². The second kappa shape index (κ2) is 6.47. The second-order valence-corrected chi connectivity index (χ2v) is 5.32. The Bertz CT molecular complexity index is 642. The summed E-state index contributed by atoms with van der Waals surface area (Å²) in [6.45, 7) is 0.453. The van der Waals surface area contributed by atoms with Crippen LogP contribution in [0, 0.1) is 5.92 Å². The Balaban J connectivity index is 1.49. The fourth-order valence-corrected chi connectivity index (χ4v) is 2.06. The highest BCUT2D eigenvalue weighted by molar-refractivity contribution is 5.94. The zero-order valence-corrected chi connectivity index (χ0v) is 12.1. The summed E-state index contributed by atoms with van der Waals surface area (Å²) < 4.78 is 10.6. The van der Waals surface area contributed by atoms with E-state index < -0.39 is 0 Å². The van der Waals surface area contributed by atoms with Gasteiger partial charge < -0.3 is 14.5 Å². The van der Waals surface area contributed by atoms with Gasteiger partial charge in [0, 0.05) is 11.5 Å². The number of nitrogens with one attached hydrogen (secondary N) is 1. The lowest BCUT2D eigenvalue weighted by Crippen LogP contribution is -2.22. The van der Waals surface area contributed by atoms with Crippen LogP contribution in [-0.2, 0) is 11.3 Å². The van der Waals surface area contributed by atoms with E-state index in [2.05, 4.69) is 5.32 Å². The SMILES string of the molecule is O=C(NCc1ccco1)c1ccc(OCC(=O)C2CC2)cc1. The summed E-state index contributed by atoms with van der Waals surface area (Å²) in [4.78, 5) is 23.5. The molecule has 5 nitrogen and oxygen atoms in total. The standard InChI is InChI=1S/C17H17NO4/c19-16(12-3-4-12)11-22-14-7-5-13(6-8-14)17(20)18-10-15-2-1-9-21-15/h1-2,5-9,12H,3-4,10-11H2,(H,18,20). The number of hydrogen-bond donors (Lipinski definition) is 1. The first kappa shape index (κ1) is 14.4. The van der Waals surface area contributed by atoms with E-state index in [1.54, 1.807) is 42.7 Å². The summed E-state index contributed by atoms with van der Waals surface area (Å²) >= 11 is 0. The van der Waals surface area contributed by atoms with Gasteiger partial charge in [0.25, 0.3) is 5.91 Å². The molecule has 0 saturated heterocycles. The average Bonchev–Trinajstić information content (AvgIpc) is 3.27. The number of furan rings is 1. The Kier molecular flexibility index (Phi) is 4.23. The number of amides is 1. The Morgan fingerprint density at radius 3 is 2.59 bits per heavy atom. The molecule has 22 heavy (non-hydrogen) atoms. The number of ketones is 1. The normalized spacial score (nSPS) is 13.6. The van der Waals surface area contributed by atoms with E-state index >= 15 is 0 Å². The number of benzene rings is 1. The molecule has 1 aliphatic carbocycles. The van der Waals surface area contributed by atoms with E-state index in [0.29, 0.717) is 23.6 Å². The van der Waals surface area contributed by atoms with Gasteiger partial charge in [-0.05, 0) is 49.2 Å². The summed E-state index contributed by atoms with van der Waals surface area (Å²) in [6, 6.07) is 10.3. The van der Waals surface area contributed by atoms with Crippen molar-refractivity contribution in [3.05, 3.63) is 54.0 Å².